The Morgan fingerprint density at radius 2 is 1.61 bits per heavy atom. The summed E-state index contributed by atoms with van der Waals surface area (Å²) in [6.07, 6.45) is 7.02. The van der Waals surface area contributed by atoms with Gasteiger partial charge < -0.3 is 19.5 Å². The summed E-state index contributed by atoms with van der Waals surface area (Å²) in [6.45, 7) is 0.286. The highest BCUT2D eigenvalue weighted by Gasteiger charge is 2.17. The van der Waals surface area contributed by atoms with Crippen LogP contribution < -0.4 is 19.5 Å². The van der Waals surface area contributed by atoms with Gasteiger partial charge >= 0.3 is 0 Å². The Bertz CT molecular complexity index is 782. The van der Waals surface area contributed by atoms with Gasteiger partial charge in [0.1, 0.15) is 12.4 Å². The zero-order chi connectivity index (χ0) is 19.8. The van der Waals surface area contributed by atoms with Crippen LogP contribution in [-0.4, -0.2) is 26.2 Å². The lowest BCUT2D eigenvalue weighted by atomic mass is 10.1. The molecule has 150 valence electrons. The molecule has 0 radical (unpaired) electrons. The van der Waals surface area contributed by atoms with Crippen LogP contribution in [0.3, 0.4) is 0 Å². The van der Waals surface area contributed by atoms with Crippen LogP contribution in [-0.2, 0) is 6.61 Å². The summed E-state index contributed by atoms with van der Waals surface area (Å²) in [6, 6.07) is 13.2. The van der Waals surface area contributed by atoms with E-state index < -0.39 is 0 Å². The van der Waals surface area contributed by atoms with Crippen LogP contribution in [0, 0.1) is 0 Å². The molecule has 3 rings (SSSR count). The van der Waals surface area contributed by atoms with Gasteiger partial charge in [-0.05, 0) is 43.2 Å². The van der Waals surface area contributed by atoms with Crippen LogP contribution in [0.5, 0.6) is 17.2 Å². The molecule has 0 saturated heterocycles. The molecule has 0 bridgehead atoms. The minimum Gasteiger partial charge on any atom is -0.496 e. The maximum absolute atomic E-state index is 12.7. The predicted octanol–water partition coefficient (Wildman–Crippen LogP) is 4.74. The van der Waals surface area contributed by atoms with Crippen LogP contribution >= 0.6 is 0 Å². The average molecular weight is 383 g/mol. The fourth-order valence-corrected chi connectivity index (χ4v) is 3.62. The topological polar surface area (TPSA) is 56.8 Å². The summed E-state index contributed by atoms with van der Waals surface area (Å²) in [5.41, 5.74) is 1.45. The highest BCUT2D eigenvalue weighted by Crippen LogP contribution is 2.28. The Labute approximate surface area is 167 Å². The molecule has 5 heteroatoms. The highest BCUT2D eigenvalue weighted by molar-refractivity contribution is 5.94. The van der Waals surface area contributed by atoms with Crippen LogP contribution in [0.4, 0.5) is 0 Å². The monoisotopic (exact) mass is 383 g/mol. The Balaban J connectivity index is 1.71. The molecule has 0 aromatic heterocycles. The van der Waals surface area contributed by atoms with E-state index in [0.717, 1.165) is 18.4 Å². The molecule has 1 N–H and O–H groups in total. The molecule has 0 aliphatic heterocycles. The van der Waals surface area contributed by atoms with E-state index in [1.165, 1.54) is 25.7 Å². The second-order valence-corrected chi connectivity index (χ2v) is 7.13. The quantitative estimate of drug-likeness (QED) is 0.702. The molecular weight excluding hydrogens is 354 g/mol. The number of nitrogens with one attached hydrogen (secondary N) is 1. The van der Waals surface area contributed by atoms with E-state index in [0.29, 0.717) is 22.8 Å². The average Bonchev–Trinajstić information content (AvgIpc) is 3.00. The first kappa shape index (κ1) is 20.1. The number of ether oxygens (including phenoxy) is 3. The minimum absolute atomic E-state index is 0.0342. The highest BCUT2D eigenvalue weighted by atomic mass is 16.5. The van der Waals surface area contributed by atoms with Crippen molar-refractivity contribution in [1.29, 1.82) is 0 Å². The van der Waals surface area contributed by atoms with E-state index >= 15 is 0 Å². The van der Waals surface area contributed by atoms with E-state index in [1.54, 1.807) is 20.3 Å². The van der Waals surface area contributed by atoms with Crippen molar-refractivity contribution in [3.05, 3.63) is 53.6 Å². The molecular formula is C23H29NO4. The van der Waals surface area contributed by atoms with Gasteiger partial charge in [-0.2, -0.15) is 0 Å². The lowest BCUT2D eigenvalue weighted by Gasteiger charge is -2.17. The van der Waals surface area contributed by atoms with Crippen LogP contribution in [0.2, 0.25) is 0 Å². The number of para-hydroxylation sites is 2. The molecule has 1 aliphatic rings. The molecule has 2 aromatic carbocycles. The third-order valence-electron chi connectivity index (χ3n) is 5.19. The summed E-state index contributed by atoms with van der Waals surface area (Å²) in [7, 11) is 3.23. The number of carbonyl (C=O) groups is 1. The van der Waals surface area contributed by atoms with E-state index in [2.05, 4.69) is 5.32 Å². The minimum atomic E-state index is -0.0342. The first-order valence-corrected chi connectivity index (χ1v) is 9.95. The fraction of sp³-hybridized carbons (Fsp3) is 0.435. The van der Waals surface area contributed by atoms with E-state index in [1.807, 2.05) is 36.4 Å². The van der Waals surface area contributed by atoms with Crippen molar-refractivity contribution >= 4 is 5.91 Å². The zero-order valence-electron chi connectivity index (χ0n) is 16.7. The molecule has 1 amide bonds. The number of amides is 1. The standard InChI is InChI=1S/C23H29NO4/c1-26-20-14-13-17(23(25)24-19-9-5-3-4-6-10-19)15-18(20)16-28-22-12-8-7-11-21(22)27-2/h7-8,11-15,19H,3-6,9-10,16H2,1-2H3,(H,24,25). The molecule has 5 nitrogen and oxygen atoms in total. The largest absolute Gasteiger partial charge is 0.496 e. The number of methoxy groups -OCH3 is 2. The lowest BCUT2D eigenvalue weighted by molar-refractivity contribution is 0.0933. The van der Waals surface area contributed by atoms with Crippen LogP contribution in [0.25, 0.3) is 0 Å². The van der Waals surface area contributed by atoms with Gasteiger partial charge in [0.2, 0.25) is 0 Å². The summed E-state index contributed by atoms with van der Waals surface area (Å²) >= 11 is 0. The van der Waals surface area contributed by atoms with Gasteiger partial charge in [-0.1, -0.05) is 37.8 Å². The maximum atomic E-state index is 12.7. The van der Waals surface area contributed by atoms with Crippen molar-refractivity contribution in [3.63, 3.8) is 0 Å². The number of hydrogen-bond acceptors (Lipinski definition) is 4. The van der Waals surface area contributed by atoms with Gasteiger partial charge in [0.15, 0.2) is 11.5 Å². The summed E-state index contributed by atoms with van der Waals surface area (Å²) in [5, 5.41) is 3.19. The van der Waals surface area contributed by atoms with Crippen molar-refractivity contribution in [3.8, 4) is 17.2 Å². The smallest absolute Gasteiger partial charge is 0.251 e. The fourth-order valence-electron chi connectivity index (χ4n) is 3.62. The maximum Gasteiger partial charge on any atom is 0.251 e. The molecule has 28 heavy (non-hydrogen) atoms. The first-order valence-electron chi connectivity index (χ1n) is 9.95. The number of carbonyl (C=O) groups excluding carboxylic acids is 1. The molecule has 2 aromatic rings. The number of hydrogen-bond donors (Lipinski definition) is 1. The van der Waals surface area contributed by atoms with Crippen molar-refractivity contribution in [2.45, 2.75) is 51.2 Å². The third-order valence-corrected chi connectivity index (χ3v) is 5.19. The van der Waals surface area contributed by atoms with Gasteiger partial charge in [0.05, 0.1) is 14.2 Å². The summed E-state index contributed by atoms with van der Waals surface area (Å²) in [4.78, 5) is 12.7. The van der Waals surface area contributed by atoms with Crippen molar-refractivity contribution in [2.75, 3.05) is 14.2 Å². The van der Waals surface area contributed by atoms with Crippen molar-refractivity contribution < 1.29 is 19.0 Å². The first-order chi connectivity index (χ1) is 13.7. The van der Waals surface area contributed by atoms with E-state index in [-0.39, 0.29) is 18.6 Å². The molecule has 1 fully saturated rings. The van der Waals surface area contributed by atoms with Crippen molar-refractivity contribution in [2.24, 2.45) is 0 Å². The van der Waals surface area contributed by atoms with E-state index in [4.69, 9.17) is 14.2 Å². The molecule has 0 heterocycles. The Morgan fingerprint density at radius 1 is 0.929 bits per heavy atom. The SMILES string of the molecule is COc1ccc(C(=O)NC2CCCCCC2)cc1COc1ccccc1OC. The van der Waals surface area contributed by atoms with Gasteiger partial charge in [0, 0.05) is 17.2 Å². The molecule has 1 saturated carbocycles. The van der Waals surface area contributed by atoms with E-state index in [9.17, 15) is 4.79 Å². The van der Waals surface area contributed by atoms with Crippen LogP contribution in [0.1, 0.15) is 54.4 Å². The summed E-state index contributed by atoms with van der Waals surface area (Å²) in [5.74, 6) is 1.98. The Kier molecular flexibility index (Phi) is 7.18. The van der Waals surface area contributed by atoms with Gasteiger partial charge in [-0.15, -0.1) is 0 Å². The zero-order valence-corrected chi connectivity index (χ0v) is 16.7. The molecule has 0 spiro atoms. The second-order valence-electron chi connectivity index (χ2n) is 7.13. The van der Waals surface area contributed by atoms with Crippen molar-refractivity contribution in [1.82, 2.24) is 5.32 Å². The van der Waals surface area contributed by atoms with Gasteiger partial charge in [-0.25, -0.2) is 0 Å². The molecule has 0 atom stereocenters. The van der Waals surface area contributed by atoms with Gasteiger partial charge in [-0.3, -0.25) is 4.79 Å². The molecule has 1 aliphatic carbocycles. The Morgan fingerprint density at radius 3 is 2.29 bits per heavy atom. The van der Waals surface area contributed by atoms with Crippen LogP contribution in [0.15, 0.2) is 42.5 Å². The second kappa shape index (κ2) is 10.0. The Hall–Kier alpha value is -2.69. The summed E-state index contributed by atoms with van der Waals surface area (Å²) < 4.78 is 16.7. The third kappa shape index (κ3) is 5.18. The normalized spacial score (nSPS) is 14.8. The number of rotatable bonds is 7. The predicted molar refractivity (Wildman–Crippen MR) is 109 cm³/mol. The number of benzene rings is 2. The lowest BCUT2D eigenvalue weighted by Crippen LogP contribution is -2.34. The molecule has 0 unspecified atom stereocenters. The van der Waals surface area contributed by atoms with Gasteiger partial charge in [0.25, 0.3) is 5.91 Å².